The molecule has 1 aliphatic carbocycles. The summed E-state index contributed by atoms with van der Waals surface area (Å²) in [5.41, 5.74) is 0.754. The fourth-order valence-electron chi connectivity index (χ4n) is 3.10. The molecule has 1 aromatic carbocycles. The van der Waals surface area contributed by atoms with Gasteiger partial charge in [0.05, 0.1) is 12.7 Å². The first-order valence-electron chi connectivity index (χ1n) is 8.09. The Hall–Kier alpha value is -2.75. The molecule has 4 rings (SSSR count). The maximum Gasteiger partial charge on any atom is 0.435 e. The maximum atomic E-state index is 12.7. The molecule has 2 heterocycles. The highest BCUT2D eigenvalue weighted by atomic mass is 16.8. The van der Waals surface area contributed by atoms with Crippen molar-refractivity contribution in [3.63, 3.8) is 0 Å². The Morgan fingerprint density at radius 1 is 1.15 bits per heavy atom. The summed E-state index contributed by atoms with van der Waals surface area (Å²) in [7, 11) is 3.71. The molecule has 2 bridgehead atoms. The fourth-order valence-corrected chi connectivity index (χ4v) is 3.10. The molecule has 1 fully saturated rings. The molecule has 3 aliphatic rings. The zero-order chi connectivity index (χ0) is 19.6. The Morgan fingerprint density at radius 3 is 2.41 bits per heavy atom. The van der Waals surface area contributed by atoms with Gasteiger partial charge in [0.2, 0.25) is 5.78 Å². The van der Waals surface area contributed by atoms with Crippen LogP contribution in [0.15, 0.2) is 42.0 Å². The van der Waals surface area contributed by atoms with Crippen LogP contribution in [0.25, 0.3) is 0 Å². The van der Waals surface area contributed by atoms with Gasteiger partial charge in [0.15, 0.2) is 6.10 Å². The lowest BCUT2D eigenvalue weighted by atomic mass is 9.84. The van der Waals surface area contributed by atoms with E-state index in [9.17, 15) is 14.4 Å². The van der Waals surface area contributed by atoms with Crippen LogP contribution in [0.2, 0.25) is 0 Å². The second-order valence-electron chi connectivity index (χ2n) is 5.85. The average molecular weight is 377 g/mol. The van der Waals surface area contributed by atoms with Crippen LogP contribution >= 0.6 is 0 Å². The number of methoxy groups -OCH3 is 3. The number of amides is 1. The van der Waals surface area contributed by atoms with Crippen LogP contribution in [-0.2, 0) is 40.0 Å². The number of Topliss-reactive ketones (excluding diaryl/α,β-unsaturated/α-hetero) is 1. The van der Waals surface area contributed by atoms with E-state index in [-0.39, 0.29) is 12.2 Å². The first-order valence-corrected chi connectivity index (χ1v) is 8.09. The summed E-state index contributed by atoms with van der Waals surface area (Å²) in [4.78, 5) is 42.7. The Morgan fingerprint density at radius 2 is 1.81 bits per heavy atom. The van der Waals surface area contributed by atoms with Crippen LogP contribution in [0.1, 0.15) is 5.56 Å². The monoisotopic (exact) mass is 377 g/mol. The Bertz CT molecular complexity index is 771. The number of esters is 1. The summed E-state index contributed by atoms with van der Waals surface area (Å²) >= 11 is 0. The Balaban J connectivity index is 1.87. The van der Waals surface area contributed by atoms with E-state index >= 15 is 0 Å². The standard InChI is InChI=1S/C18H19NO8/c1-23-16(21)12-9-13-18(24-2,25-3)15(20)14(12)27-19(13)17(22)26-10-11-7-5-4-6-8-11/h4-9,13-14H,10H2,1-3H3/t13-,14+/m1/s1. The molecule has 1 amide bonds. The SMILES string of the molecule is COC(=O)C1=C[C@H]2N(C(=O)OCc3ccccc3)O[C@@H]1C(=O)C2(OC)OC. The van der Waals surface area contributed by atoms with Crippen LogP contribution in [-0.4, -0.2) is 62.2 Å². The summed E-state index contributed by atoms with van der Waals surface area (Å²) in [6.45, 7) is 0.00536. The molecule has 2 aliphatic heterocycles. The molecule has 0 saturated carbocycles. The third-order valence-corrected chi connectivity index (χ3v) is 4.48. The number of hydrogen-bond donors (Lipinski definition) is 0. The lowest BCUT2D eigenvalue weighted by Crippen LogP contribution is -2.71. The number of hydrogen-bond acceptors (Lipinski definition) is 8. The van der Waals surface area contributed by atoms with Crippen molar-refractivity contribution >= 4 is 17.8 Å². The van der Waals surface area contributed by atoms with Crippen molar-refractivity contribution in [1.82, 2.24) is 5.06 Å². The van der Waals surface area contributed by atoms with Crippen molar-refractivity contribution in [3.05, 3.63) is 47.5 Å². The van der Waals surface area contributed by atoms with E-state index in [4.69, 9.17) is 19.0 Å². The van der Waals surface area contributed by atoms with Crippen molar-refractivity contribution in [3.8, 4) is 0 Å². The topological polar surface area (TPSA) is 101 Å². The third kappa shape index (κ3) is 3.09. The first-order chi connectivity index (χ1) is 13.0. The van der Waals surface area contributed by atoms with Gasteiger partial charge in [-0.1, -0.05) is 30.3 Å². The van der Waals surface area contributed by atoms with Gasteiger partial charge >= 0.3 is 12.1 Å². The molecule has 0 radical (unpaired) electrons. The summed E-state index contributed by atoms with van der Waals surface area (Å²) in [5.74, 6) is -3.20. The molecular weight excluding hydrogens is 358 g/mol. The predicted molar refractivity (Wildman–Crippen MR) is 89.0 cm³/mol. The molecule has 9 nitrogen and oxygen atoms in total. The van der Waals surface area contributed by atoms with E-state index in [1.165, 1.54) is 27.4 Å². The number of rotatable bonds is 5. The molecule has 0 spiro atoms. The molecule has 0 aromatic heterocycles. The summed E-state index contributed by atoms with van der Waals surface area (Å²) in [6.07, 6.45) is -0.898. The molecule has 9 heteroatoms. The van der Waals surface area contributed by atoms with Gasteiger partial charge in [-0.05, 0) is 11.6 Å². The van der Waals surface area contributed by atoms with Crippen LogP contribution in [0.5, 0.6) is 0 Å². The number of ether oxygens (including phenoxy) is 4. The molecule has 1 saturated heterocycles. The number of benzene rings is 1. The smallest absolute Gasteiger partial charge is 0.435 e. The number of hydroxylamine groups is 2. The molecule has 0 unspecified atom stereocenters. The lowest BCUT2D eigenvalue weighted by molar-refractivity contribution is -0.308. The van der Waals surface area contributed by atoms with Gasteiger partial charge in [0, 0.05) is 14.2 Å². The zero-order valence-corrected chi connectivity index (χ0v) is 15.0. The van der Waals surface area contributed by atoms with Gasteiger partial charge in [-0.25, -0.2) is 9.59 Å². The minimum atomic E-state index is -1.81. The van der Waals surface area contributed by atoms with Gasteiger partial charge < -0.3 is 18.9 Å². The highest BCUT2D eigenvalue weighted by Crippen LogP contribution is 2.40. The molecule has 1 aromatic rings. The summed E-state index contributed by atoms with van der Waals surface area (Å²) in [5, 5.41) is 0.842. The van der Waals surface area contributed by atoms with Crippen molar-refractivity contribution in [2.45, 2.75) is 24.5 Å². The summed E-state index contributed by atoms with van der Waals surface area (Å²) < 4.78 is 20.5. The number of carbonyl (C=O) groups is 3. The number of carbonyl (C=O) groups excluding carboxylic acids is 3. The molecule has 0 N–H and O–H groups in total. The minimum absolute atomic E-state index is 0.00536. The Labute approximate surface area is 155 Å². The minimum Gasteiger partial charge on any atom is -0.466 e. The second-order valence-corrected chi connectivity index (χ2v) is 5.85. The predicted octanol–water partition coefficient (Wildman–Crippen LogP) is 0.979. The first kappa shape index (κ1) is 19.0. The lowest BCUT2D eigenvalue weighted by Gasteiger charge is -2.49. The van der Waals surface area contributed by atoms with E-state index in [2.05, 4.69) is 4.74 Å². The van der Waals surface area contributed by atoms with E-state index in [0.29, 0.717) is 0 Å². The van der Waals surface area contributed by atoms with Gasteiger partial charge in [-0.15, -0.1) is 0 Å². The average Bonchev–Trinajstić information content (AvgIpc) is 2.72. The maximum absolute atomic E-state index is 12.7. The van der Waals surface area contributed by atoms with Crippen LogP contribution < -0.4 is 0 Å². The molecule has 144 valence electrons. The van der Waals surface area contributed by atoms with Gasteiger partial charge in [-0.2, -0.15) is 5.06 Å². The van der Waals surface area contributed by atoms with Crippen molar-refractivity contribution < 1.29 is 38.2 Å². The Kier molecular flexibility index (Phi) is 5.26. The third-order valence-electron chi connectivity index (χ3n) is 4.48. The number of ketones is 1. The van der Waals surface area contributed by atoms with Crippen molar-refractivity contribution in [1.29, 1.82) is 0 Å². The molecule has 27 heavy (non-hydrogen) atoms. The van der Waals surface area contributed by atoms with Crippen LogP contribution in [0.3, 0.4) is 0 Å². The zero-order valence-electron chi connectivity index (χ0n) is 15.0. The van der Waals surface area contributed by atoms with Crippen LogP contribution in [0, 0.1) is 0 Å². The van der Waals surface area contributed by atoms with Crippen molar-refractivity contribution in [2.24, 2.45) is 0 Å². The van der Waals surface area contributed by atoms with E-state index in [1.807, 2.05) is 18.2 Å². The highest BCUT2D eigenvalue weighted by molar-refractivity contribution is 6.05. The largest absolute Gasteiger partial charge is 0.466 e. The van der Waals surface area contributed by atoms with E-state index < -0.39 is 35.8 Å². The van der Waals surface area contributed by atoms with Crippen molar-refractivity contribution in [2.75, 3.05) is 21.3 Å². The van der Waals surface area contributed by atoms with Gasteiger partial charge in [0.1, 0.15) is 12.6 Å². The van der Waals surface area contributed by atoms with Crippen LogP contribution in [0.4, 0.5) is 4.79 Å². The molecular formula is C18H19NO8. The quantitative estimate of drug-likeness (QED) is 0.553. The highest BCUT2D eigenvalue weighted by Gasteiger charge is 2.63. The van der Waals surface area contributed by atoms with Gasteiger partial charge in [-0.3, -0.25) is 9.63 Å². The normalized spacial score (nSPS) is 23.0. The second kappa shape index (κ2) is 7.47. The molecule has 2 atom stereocenters. The summed E-state index contributed by atoms with van der Waals surface area (Å²) in [6, 6.07) is 7.89. The van der Waals surface area contributed by atoms with E-state index in [0.717, 1.165) is 10.6 Å². The fraction of sp³-hybridized carbons (Fsp3) is 0.389. The van der Waals surface area contributed by atoms with Gasteiger partial charge in [0.25, 0.3) is 5.79 Å². The number of nitrogens with zero attached hydrogens (tertiary/aromatic N) is 1. The number of fused-ring (bicyclic) bond motifs is 2. The van der Waals surface area contributed by atoms with E-state index in [1.54, 1.807) is 12.1 Å².